The summed E-state index contributed by atoms with van der Waals surface area (Å²) < 4.78 is 2.18. The first-order valence-corrected chi connectivity index (χ1v) is 16.1. The van der Waals surface area contributed by atoms with E-state index >= 15 is 0 Å². The number of anilines is 1. The van der Waals surface area contributed by atoms with Crippen LogP contribution in [0.5, 0.6) is 0 Å². The molecule has 0 radical (unpaired) electrons. The van der Waals surface area contributed by atoms with E-state index in [1.165, 1.54) is 63.1 Å². The van der Waals surface area contributed by atoms with Crippen LogP contribution in [0.1, 0.15) is 102 Å². The van der Waals surface area contributed by atoms with E-state index in [1.807, 2.05) is 25.3 Å². The molecule has 2 aromatic rings. The molecule has 0 bridgehead atoms. The molecule has 4 heterocycles. The third-order valence-electron chi connectivity index (χ3n) is 7.95. The summed E-state index contributed by atoms with van der Waals surface area (Å²) in [5.74, 6) is 1.25. The summed E-state index contributed by atoms with van der Waals surface area (Å²) in [6.07, 6.45) is 18.2. The fourth-order valence-corrected chi connectivity index (χ4v) is 6.71. The molecule has 1 amide bonds. The van der Waals surface area contributed by atoms with Gasteiger partial charge in [-0.1, -0.05) is 102 Å². The lowest BCUT2D eigenvalue weighted by Gasteiger charge is -2.32. The van der Waals surface area contributed by atoms with Gasteiger partial charge in [-0.2, -0.15) is 0 Å². The second-order valence-electron chi connectivity index (χ2n) is 11.3. The van der Waals surface area contributed by atoms with Gasteiger partial charge in [0.1, 0.15) is 15.8 Å². The molecule has 0 aromatic carbocycles. The molecule has 0 spiro atoms. The van der Waals surface area contributed by atoms with Crippen molar-refractivity contribution in [1.29, 1.82) is 0 Å². The second kappa shape index (κ2) is 14.4. The summed E-state index contributed by atoms with van der Waals surface area (Å²) >= 11 is 6.90. The summed E-state index contributed by atoms with van der Waals surface area (Å²) in [4.78, 5) is 36.5. The number of aryl methyl sites for hydroxylation is 1. The second-order valence-corrected chi connectivity index (χ2v) is 12.9. The summed E-state index contributed by atoms with van der Waals surface area (Å²) in [6.45, 7) is 8.84. The molecular formula is C31H44N4O2S2. The van der Waals surface area contributed by atoms with Crippen molar-refractivity contribution in [3.05, 3.63) is 44.7 Å². The number of fused-ring (bicyclic) bond motifs is 1. The van der Waals surface area contributed by atoms with Crippen LogP contribution in [0, 0.1) is 12.8 Å². The molecule has 2 aliphatic rings. The van der Waals surface area contributed by atoms with Crippen LogP contribution < -0.4 is 10.5 Å². The van der Waals surface area contributed by atoms with E-state index in [-0.39, 0.29) is 11.5 Å². The molecule has 0 aliphatic carbocycles. The van der Waals surface area contributed by atoms with Gasteiger partial charge in [0.25, 0.3) is 11.5 Å². The molecular weight excluding hydrogens is 525 g/mol. The van der Waals surface area contributed by atoms with Crippen molar-refractivity contribution in [1.82, 2.24) is 14.3 Å². The van der Waals surface area contributed by atoms with Crippen molar-refractivity contribution in [3.8, 4) is 0 Å². The Morgan fingerprint density at radius 1 is 1.00 bits per heavy atom. The number of piperidine rings is 1. The third kappa shape index (κ3) is 7.72. The van der Waals surface area contributed by atoms with Crippen LogP contribution in [0.2, 0.25) is 0 Å². The molecule has 39 heavy (non-hydrogen) atoms. The predicted octanol–water partition coefficient (Wildman–Crippen LogP) is 7.36. The number of thiocarbonyl (C=S) groups is 1. The van der Waals surface area contributed by atoms with Crippen molar-refractivity contribution in [2.75, 3.05) is 24.5 Å². The summed E-state index contributed by atoms with van der Waals surface area (Å²) in [7, 11) is 0. The number of aromatic nitrogens is 2. The molecule has 0 unspecified atom stereocenters. The molecule has 4 rings (SSSR count). The van der Waals surface area contributed by atoms with Crippen molar-refractivity contribution in [2.45, 2.75) is 97.8 Å². The highest BCUT2D eigenvalue weighted by atomic mass is 32.2. The van der Waals surface area contributed by atoms with Gasteiger partial charge >= 0.3 is 0 Å². The van der Waals surface area contributed by atoms with Crippen LogP contribution in [0.25, 0.3) is 11.7 Å². The minimum Gasteiger partial charge on any atom is -0.356 e. The van der Waals surface area contributed by atoms with Crippen LogP contribution in [-0.2, 0) is 4.79 Å². The van der Waals surface area contributed by atoms with E-state index in [0.717, 1.165) is 44.3 Å². The molecule has 2 aromatic heterocycles. The van der Waals surface area contributed by atoms with Crippen LogP contribution in [0.15, 0.2) is 28.0 Å². The molecule has 0 atom stereocenters. The number of unbranched alkanes of at least 4 members (excludes halogenated alkanes) is 9. The largest absolute Gasteiger partial charge is 0.356 e. The lowest BCUT2D eigenvalue weighted by atomic mass is 9.99. The molecule has 212 valence electrons. The fourth-order valence-electron chi connectivity index (χ4n) is 5.42. The topological polar surface area (TPSA) is 57.9 Å². The molecule has 8 heteroatoms. The molecule has 2 aliphatic heterocycles. The van der Waals surface area contributed by atoms with Crippen molar-refractivity contribution >= 4 is 51.7 Å². The average Bonchev–Trinajstić information content (AvgIpc) is 3.19. The van der Waals surface area contributed by atoms with E-state index < -0.39 is 0 Å². The number of amides is 1. The number of carbonyl (C=O) groups is 1. The molecule has 2 fully saturated rings. The maximum atomic E-state index is 13.7. The number of rotatable bonds is 13. The maximum absolute atomic E-state index is 13.7. The summed E-state index contributed by atoms with van der Waals surface area (Å²) in [5.41, 5.74) is 1.95. The number of pyridine rings is 1. The van der Waals surface area contributed by atoms with Crippen molar-refractivity contribution in [2.24, 2.45) is 5.92 Å². The molecule has 6 nitrogen and oxygen atoms in total. The van der Waals surface area contributed by atoms with Crippen molar-refractivity contribution < 1.29 is 4.79 Å². The van der Waals surface area contributed by atoms with Crippen LogP contribution in [-0.4, -0.2) is 44.1 Å². The normalized spacial score (nSPS) is 17.8. The Kier molecular flexibility index (Phi) is 11.0. The quantitative estimate of drug-likeness (QED) is 0.143. The van der Waals surface area contributed by atoms with E-state index in [9.17, 15) is 9.59 Å². The molecule has 0 N–H and O–H groups in total. The number of thioether (sulfide) groups is 1. The highest BCUT2D eigenvalue weighted by Gasteiger charge is 2.32. The van der Waals surface area contributed by atoms with Gasteiger partial charge in [-0.05, 0) is 49.8 Å². The number of nitrogens with zero attached hydrogens (tertiary/aromatic N) is 4. The zero-order valence-electron chi connectivity index (χ0n) is 23.9. The lowest BCUT2D eigenvalue weighted by molar-refractivity contribution is -0.122. The minimum absolute atomic E-state index is 0.0899. The monoisotopic (exact) mass is 568 g/mol. The van der Waals surface area contributed by atoms with E-state index in [2.05, 4.69) is 18.7 Å². The third-order valence-corrected chi connectivity index (χ3v) is 9.33. The van der Waals surface area contributed by atoms with Gasteiger partial charge in [0, 0.05) is 25.8 Å². The number of carbonyl (C=O) groups excluding carboxylic acids is 1. The molecule has 2 saturated heterocycles. The van der Waals surface area contributed by atoms with Gasteiger partial charge in [0.15, 0.2) is 0 Å². The Balaban J connectivity index is 1.44. The predicted molar refractivity (Wildman–Crippen MR) is 169 cm³/mol. The average molecular weight is 569 g/mol. The van der Waals surface area contributed by atoms with Crippen LogP contribution in [0.3, 0.4) is 0 Å². The standard InChI is InChI=1S/C31H44N4O2S2/c1-4-5-6-7-8-9-10-11-12-13-18-34-30(37)26(39-31(34)38)21-25-28(33-19-16-23(2)17-20-33)32-27-15-14-24(3)22-35(27)29(25)36/h14-15,21-23H,4-13,16-20H2,1-3H3. The van der Waals surface area contributed by atoms with Crippen LogP contribution in [0.4, 0.5) is 5.82 Å². The fraction of sp³-hybridized carbons (Fsp3) is 0.613. The Hall–Kier alpha value is -2.19. The number of hydrogen-bond acceptors (Lipinski definition) is 6. The molecule has 0 saturated carbocycles. The van der Waals surface area contributed by atoms with Crippen LogP contribution >= 0.6 is 24.0 Å². The SMILES string of the molecule is CCCCCCCCCCCCN1C(=O)C(=Cc2c(N3CCC(C)CC3)nc3ccc(C)cn3c2=O)SC1=S. The zero-order valence-corrected chi connectivity index (χ0v) is 25.5. The minimum atomic E-state index is -0.141. The first-order chi connectivity index (χ1) is 18.9. The van der Waals surface area contributed by atoms with Gasteiger partial charge in [-0.3, -0.25) is 18.9 Å². The van der Waals surface area contributed by atoms with E-state index in [0.29, 0.717) is 38.7 Å². The van der Waals surface area contributed by atoms with E-state index in [4.69, 9.17) is 17.2 Å². The zero-order chi connectivity index (χ0) is 27.8. The summed E-state index contributed by atoms with van der Waals surface area (Å²) in [5, 5.41) is 0. The Labute approximate surface area is 243 Å². The van der Waals surface area contributed by atoms with Gasteiger partial charge in [0.2, 0.25) is 0 Å². The van der Waals surface area contributed by atoms with Gasteiger partial charge in [-0.25, -0.2) is 4.98 Å². The lowest BCUT2D eigenvalue weighted by Crippen LogP contribution is -2.36. The summed E-state index contributed by atoms with van der Waals surface area (Å²) in [6, 6.07) is 3.87. The van der Waals surface area contributed by atoms with E-state index in [1.54, 1.807) is 15.4 Å². The maximum Gasteiger partial charge on any atom is 0.267 e. The smallest absolute Gasteiger partial charge is 0.267 e. The van der Waals surface area contributed by atoms with Gasteiger partial charge < -0.3 is 4.90 Å². The van der Waals surface area contributed by atoms with Gasteiger partial charge in [-0.15, -0.1) is 0 Å². The number of hydrogen-bond donors (Lipinski definition) is 0. The Morgan fingerprint density at radius 3 is 2.31 bits per heavy atom. The van der Waals surface area contributed by atoms with Crippen molar-refractivity contribution in [3.63, 3.8) is 0 Å². The highest BCUT2D eigenvalue weighted by molar-refractivity contribution is 8.26. The Morgan fingerprint density at radius 2 is 1.64 bits per heavy atom. The first-order valence-electron chi connectivity index (χ1n) is 14.9. The Bertz CT molecular complexity index is 1250. The first kappa shape index (κ1) is 29.8. The van der Waals surface area contributed by atoms with Gasteiger partial charge in [0.05, 0.1) is 10.5 Å². The highest BCUT2D eigenvalue weighted by Crippen LogP contribution is 2.34.